The number of pyridine rings is 1. The van der Waals surface area contributed by atoms with Crippen molar-refractivity contribution < 1.29 is 28.0 Å². The average molecular weight is 607 g/mol. The van der Waals surface area contributed by atoms with Crippen molar-refractivity contribution in [3.8, 4) is 5.75 Å². The van der Waals surface area contributed by atoms with Crippen molar-refractivity contribution >= 4 is 28.8 Å². The number of aromatic nitrogens is 5. The first-order valence-electron chi connectivity index (χ1n) is 14.5. The van der Waals surface area contributed by atoms with Gasteiger partial charge in [0.1, 0.15) is 24.2 Å². The van der Waals surface area contributed by atoms with Crippen molar-refractivity contribution in [2.75, 3.05) is 26.2 Å². The fraction of sp³-hybridized carbons (Fsp3) is 0.433. The SMILES string of the molecule is Cc1cc(C(=O)N2CCNC(=O)[C@@H](CC(C)C)NC(=O)c3cc(F)ccc3OCCn3cc(nn3)CC2)c2c(C)noc2n1. The molecule has 0 spiro atoms. The summed E-state index contributed by atoms with van der Waals surface area (Å²) >= 11 is 0. The molecule has 0 saturated heterocycles. The zero-order chi connectivity index (χ0) is 31.4. The number of nitrogens with zero attached hydrogens (tertiary/aromatic N) is 6. The number of hydrogen-bond donors (Lipinski definition) is 2. The first-order chi connectivity index (χ1) is 21.1. The molecule has 0 saturated carbocycles. The third kappa shape index (κ3) is 7.01. The van der Waals surface area contributed by atoms with Crippen molar-refractivity contribution in [1.82, 2.24) is 40.7 Å². The summed E-state index contributed by atoms with van der Waals surface area (Å²) in [5.74, 6) is -1.68. The highest BCUT2D eigenvalue weighted by atomic mass is 19.1. The molecule has 0 unspecified atom stereocenters. The summed E-state index contributed by atoms with van der Waals surface area (Å²) in [7, 11) is 0. The molecule has 2 bridgehead atoms. The Kier molecular flexibility index (Phi) is 9.16. The summed E-state index contributed by atoms with van der Waals surface area (Å²) in [5, 5.41) is 18.5. The predicted octanol–water partition coefficient (Wildman–Crippen LogP) is 2.61. The third-order valence-electron chi connectivity index (χ3n) is 7.26. The number of hydrogen-bond acceptors (Lipinski definition) is 9. The summed E-state index contributed by atoms with van der Waals surface area (Å²) in [5.41, 5.74) is 2.46. The van der Waals surface area contributed by atoms with Crippen LogP contribution in [0.5, 0.6) is 5.75 Å². The molecule has 4 heterocycles. The van der Waals surface area contributed by atoms with E-state index < -0.39 is 23.7 Å². The number of carbonyl (C=O) groups is 3. The molecule has 4 aromatic rings. The fourth-order valence-electron chi connectivity index (χ4n) is 5.11. The largest absolute Gasteiger partial charge is 0.491 e. The molecule has 0 fully saturated rings. The minimum Gasteiger partial charge on any atom is -0.491 e. The number of benzene rings is 1. The molecular formula is C30H35FN8O5. The minimum atomic E-state index is -0.895. The minimum absolute atomic E-state index is 0.0216. The van der Waals surface area contributed by atoms with Crippen LogP contribution in [0.4, 0.5) is 4.39 Å². The number of fused-ring (bicyclic) bond motifs is 4. The van der Waals surface area contributed by atoms with E-state index in [4.69, 9.17) is 9.26 Å². The summed E-state index contributed by atoms with van der Waals surface area (Å²) in [6.45, 7) is 8.41. The molecule has 5 rings (SSSR count). The van der Waals surface area contributed by atoms with Crippen LogP contribution in [0.15, 0.2) is 35.0 Å². The van der Waals surface area contributed by atoms with Gasteiger partial charge >= 0.3 is 0 Å². The number of ether oxygens (including phenoxy) is 1. The number of nitrogens with one attached hydrogen (secondary N) is 2. The Morgan fingerprint density at radius 2 is 1.98 bits per heavy atom. The fourth-order valence-corrected chi connectivity index (χ4v) is 5.11. The molecule has 14 heteroatoms. The number of aryl methyl sites for hydroxylation is 2. The van der Waals surface area contributed by atoms with Crippen LogP contribution in [-0.2, 0) is 17.8 Å². The van der Waals surface area contributed by atoms with Crippen molar-refractivity contribution in [2.24, 2.45) is 5.92 Å². The third-order valence-corrected chi connectivity index (χ3v) is 7.26. The molecule has 0 radical (unpaired) electrons. The maximum absolute atomic E-state index is 14.2. The van der Waals surface area contributed by atoms with Gasteiger partial charge in [0.2, 0.25) is 5.91 Å². The van der Waals surface area contributed by atoms with E-state index in [1.165, 1.54) is 12.1 Å². The Balaban J connectivity index is 1.44. The standard InChI is InChI=1S/C30H35FN8O5/c1-17(2)13-24-28(41)32-8-10-38(30(42)23-14-18(3)33-29-26(23)19(4)36-44-29)9-7-21-16-39(37-35-21)11-12-43-25-6-5-20(31)15-22(25)27(40)34-24/h5-6,14-17,24H,7-13H2,1-4H3,(H,32,41)(H,34,40)/t24-/m1/s1. The van der Waals surface area contributed by atoms with Gasteiger partial charge in [0.05, 0.1) is 34.4 Å². The molecule has 13 nitrogen and oxygen atoms in total. The Hall–Kier alpha value is -4.88. The Morgan fingerprint density at radius 3 is 2.77 bits per heavy atom. The van der Waals surface area contributed by atoms with Crippen molar-refractivity contribution in [3.05, 3.63) is 64.5 Å². The van der Waals surface area contributed by atoms with Gasteiger partial charge in [-0.25, -0.2) is 14.1 Å². The quantitative estimate of drug-likeness (QED) is 0.358. The summed E-state index contributed by atoms with van der Waals surface area (Å²) in [6.07, 6.45) is 2.51. The van der Waals surface area contributed by atoms with Gasteiger partial charge in [-0.1, -0.05) is 24.2 Å². The molecular weight excluding hydrogens is 571 g/mol. The lowest BCUT2D eigenvalue weighted by Gasteiger charge is -2.25. The molecule has 232 valence electrons. The summed E-state index contributed by atoms with van der Waals surface area (Å²) < 4.78 is 26.9. The van der Waals surface area contributed by atoms with E-state index in [1.807, 2.05) is 13.8 Å². The van der Waals surface area contributed by atoms with Gasteiger partial charge in [0.15, 0.2) is 0 Å². The highest BCUT2D eigenvalue weighted by Gasteiger charge is 2.26. The van der Waals surface area contributed by atoms with Crippen LogP contribution in [0.3, 0.4) is 0 Å². The van der Waals surface area contributed by atoms with E-state index in [-0.39, 0.29) is 48.5 Å². The van der Waals surface area contributed by atoms with Crippen LogP contribution in [0.25, 0.3) is 11.1 Å². The van der Waals surface area contributed by atoms with E-state index in [1.54, 1.807) is 35.7 Å². The van der Waals surface area contributed by atoms with Gasteiger partial charge in [-0.3, -0.25) is 14.4 Å². The Labute approximate surface area is 253 Å². The van der Waals surface area contributed by atoms with Crippen LogP contribution in [0.1, 0.15) is 58.1 Å². The lowest BCUT2D eigenvalue weighted by atomic mass is 10.0. The molecule has 1 aliphatic rings. The van der Waals surface area contributed by atoms with Gasteiger partial charge in [-0.15, -0.1) is 5.10 Å². The molecule has 1 aliphatic heterocycles. The second-order valence-electron chi connectivity index (χ2n) is 11.2. The monoisotopic (exact) mass is 606 g/mol. The number of carbonyl (C=O) groups excluding carboxylic acids is 3. The highest BCUT2D eigenvalue weighted by Crippen LogP contribution is 2.24. The second kappa shape index (κ2) is 13.2. The van der Waals surface area contributed by atoms with Crippen molar-refractivity contribution in [3.63, 3.8) is 0 Å². The van der Waals surface area contributed by atoms with Gasteiger partial charge in [0, 0.05) is 37.9 Å². The summed E-state index contributed by atoms with van der Waals surface area (Å²) in [4.78, 5) is 46.6. The Morgan fingerprint density at radius 1 is 1.16 bits per heavy atom. The molecule has 1 aromatic carbocycles. The number of halogens is 1. The maximum atomic E-state index is 14.2. The zero-order valence-corrected chi connectivity index (χ0v) is 25.1. The predicted molar refractivity (Wildman–Crippen MR) is 157 cm³/mol. The van der Waals surface area contributed by atoms with Crippen LogP contribution < -0.4 is 15.4 Å². The molecule has 1 atom stereocenters. The smallest absolute Gasteiger partial charge is 0.258 e. The van der Waals surface area contributed by atoms with E-state index in [9.17, 15) is 18.8 Å². The van der Waals surface area contributed by atoms with Crippen LogP contribution in [0.2, 0.25) is 0 Å². The van der Waals surface area contributed by atoms with Crippen molar-refractivity contribution in [1.29, 1.82) is 0 Å². The Bertz CT molecular complexity index is 1680. The van der Waals surface area contributed by atoms with Gasteiger partial charge in [0.25, 0.3) is 17.5 Å². The molecule has 44 heavy (non-hydrogen) atoms. The normalized spacial score (nSPS) is 17.0. The van der Waals surface area contributed by atoms with E-state index in [0.717, 1.165) is 6.07 Å². The second-order valence-corrected chi connectivity index (χ2v) is 11.2. The first kappa shape index (κ1) is 30.6. The average Bonchev–Trinajstić information content (AvgIpc) is 3.59. The molecule has 3 amide bonds. The molecule has 2 N–H and O–H groups in total. The first-order valence-corrected chi connectivity index (χ1v) is 14.5. The zero-order valence-electron chi connectivity index (χ0n) is 25.1. The van der Waals surface area contributed by atoms with Crippen LogP contribution in [-0.4, -0.2) is 80.0 Å². The molecule has 0 aliphatic carbocycles. The van der Waals surface area contributed by atoms with Gasteiger partial charge < -0.3 is 24.8 Å². The summed E-state index contributed by atoms with van der Waals surface area (Å²) in [6, 6.07) is 4.48. The topological polar surface area (TPSA) is 157 Å². The van der Waals surface area contributed by atoms with E-state index in [0.29, 0.717) is 54.0 Å². The van der Waals surface area contributed by atoms with Crippen LogP contribution >= 0.6 is 0 Å². The van der Waals surface area contributed by atoms with Crippen LogP contribution in [0, 0.1) is 25.6 Å². The van der Waals surface area contributed by atoms with Gasteiger partial charge in [-0.2, -0.15) is 0 Å². The number of rotatable bonds is 3. The maximum Gasteiger partial charge on any atom is 0.258 e. The highest BCUT2D eigenvalue weighted by molar-refractivity contribution is 6.06. The van der Waals surface area contributed by atoms with Gasteiger partial charge in [-0.05, 0) is 50.5 Å². The number of amides is 3. The lowest BCUT2D eigenvalue weighted by Crippen LogP contribution is -2.49. The lowest BCUT2D eigenvalue weighted by molar-refractivity contribution is -0.123. The van der Waals surface area contributed by atoms with E-state index >= 15 is 0 Å². The van der Waals surface area contributed by atoms with Crippen molar-refractivity contribution in [2.45, 2.75) is 53.1 Å². The van der Waals surface area contributed by atoms with E-state index in [2.05, 4.69) is 31.1 Å². The molecule has 3 aromatic heterocycles.